The van der Waals surface area contributed by atoms with E-state index in [1.807, 2.05) is 0 Å². The fourth-order valence-electron chi connectivity index (χ4n) is 0.463. The molecule has 2 fully saturated rings. The van der Waals surface area contributed by atoms with Crippen LogP contribution in [0.1, 0.15) is 31.1 Å². The van der Waals surface area contributed by atoms with Gasteiger partial charge in [-0.05, 0) is 31.0 Å². The van der Waals surface area contributed by atoms with Crippen molar-refractivity contribution in [2.45, 2.75) is 25.6 Å². The molecule has 0 heterocycles. The lowest BCUT2D eigenvalue weighted by atomic mass is 10.5. The second-order valence-electron chi connectivity index (χ2n) is 1.83. The van der Waals surface area contributed by atoms with Crippen LogP contribution >= 0.6 is 0 Å². The third-order valence-corrected chi connectivity index (χ3v) is 1.23. The molecule has 0 aromatic rings. The van der Waals surface area contributed by atoms with Gasteiger partial charge < -0.3 is 0 Å². The molecule has 28 valence electrons. The van der Waals surface area contributed by atoms with E-state index in [-0.39, 0.29) is 0 Å². The second kappa shape index (κ2) is 0.360. The van der Waals surface area contributed by atoms with Gasteiger partial charge in [0, 0.05) is 5.48 Å². The lowest BCUT2D eigenvalue weighted by Gasteiger charge is -1.60. The van der Waals surface area contributed by atoms with E-state index in [9.17, 15) is 0 Å². The standard InChI is InChI=1S/C5H8/c1-2-5(1)3-4-5/h1-4H2/i1D2,2D2. The van der Waals surface area contributed by atoms with Crippen LogP contribution in [0.5, 0.6) is 0 Å². The smallest absolute Gasteiger partial charge is 0.0272 e. The molecule has 0 amide bonds. The van der Waals surface area contributed by atoms with Crippen molar-refractivity contribution in [1.82, 2.24) is 0 Å². The molecule has 2 aliphatic carbocycles. The van der Waals surface area contributed by atoms with Crippen molar-refractivity contribution in [3.63, 3.8) is 0 Å². The van der Waals surface area contributed by atoms with Crippen molar-refractivity contribution in [3.8, 4) is 0 Å². The molecular weight excluding hydrogens is 60.1 g/mol. The zero-order chi connectivity index (χ0) is 6.91. The van der Waals surface area contributed by atoms with Crippen molar-refractivity contribution in [1.29, 1.82) is 0 Å². The molecule has 0 bridgehead atoms. The molecule has 0 heteroatoms. The largest absolute Gasteiger partial charge is 0.0471 e. The van der Waals surface area contributed by atoms with Gasteiger partial charge in [-0.2, -0.15) is 0 Å². The van der Waals surface area contributed by atoms with Gasteiger partial charge in [-0.1, -0.05) is 0 Å². The van der Waals surface area contributed by atoms with Crippen molar-refractivity contribution in [2.24, 2.45) is 5.41 Å². The Morgan fingerprint density at radius 2 is 2.00 bits per heavy atom. The van der Waals surface area contributed by atoms with E-state index in [2.05, 4.69) is 0 Å². The Morgan fingerprint density at radius 3 is 2.00 bits per heavy atom. The maximum Gasteiger partial charge on any atom is 0.0272 e. The zero-order valence-electron chi connectivity index (χ0n) is 6.91. The zero-order valence-corrected chi connectivity index (χ0v) is 2.91. The second-order valence-corrected chi connectivity index (χ2v) is 1.83. The molecular formula is C5H8. The predicted octanol–water partition coefficient (Wildman–Crippen LogP) is 1.56. The van der Waals surface area contributed by atoms with E-state index in [1.54, 1.807) is 0 Å². The molecule has 0 aromatic carbocycles. The van der Waals surface area contributed by atoms with Gasteiger partial charge in [-0.25, -0.2) is 0 Å². The minimum Gasteiger partial charge on any atom is -0.0471 e. The van der Waals surface area contributed by atoms with Crippen LogP contribution in [0, 0.1) is 5.41 Å². The third-order valence-electron chi connectivity index (χ3n) is 1.23. The van der Waals surface area contributed by atoms with E-state index in [0.29, 0.717) is 0 Å². The maximum atomic E-state index is 7.21. The summed E-state index contributed by atoms with van der Waals surface area (Å²) in [6.45, 7) is 0. The van der Waals surface area contributed by atoms with Crippen LogP contribution in [0.15, 0.2) is 0 Å². The van der Waals surface area contributed by atoms with Crippen molar-refractivity contribution < 1.29 is 5.48 Å². The van der Waals surface area contributed by atoms with Crippen LogP contribution in [-0.2, 0) is 0 Å². The van der Waals surface area contributed by atoms with Crippen molar-refractivity contribution in [3.05, 3.63) is 0 Å². The molecule has 1 spiro atoms. The summed E-state index contributed by atoms with van der Waals surface area (Å²) in [5, 5.41) is 0. The lowest BCUT2D eigenvalue weighted by Crippen LogP contribution is -1.51. The summed E-state index contributed by atoms with van der Waals surface area (Å²) in [7, 11) is 0. The molecule has 0 aromatic heterocycles. The summed E-state index contributed by atoms with van der Waals surface area (Å²) in [6.07, 6.45) is -1.54. The van der Waals surface area contributed by atoms with Crippen LogP contribution in [0.3, 0.4) is 0 Å². The first-order valence-corrected chi connectivity index (χ1v) is 1.96. The Labute approximate surface area is 37.8 Å². The monoisotopic (exact) mass is 72.1 g/mol. The molecule has 2 aliphatic rings. The lowest BCUT2D eigenvalue weighted by molar-refractivity contribution is 0.898. The average Bonchev–Trinajstić information content (AvgIpc) is 2.45. The molecule has 0 aliphatic heterocycles. The Hall–Kier alpha value is 0. The molecule has 2 rings (SSSR count). The van der Waals surface area contributed by atoms with Gasteiger partial charge in [0.05, 0.1) is 0 Å². The molecule has 0 radical (unpaired) electrons. The van der Waals surface area contributed by atoms with Gasteiger partial charge in [0.2, 0.25) is 0 Å². The first-order chi connectivity index (χ1) is 3.96. The normalized spacial score (nSPS) is 70.4. The molecule has 0 unspecified atom stereocenters. The highest BCUT2D eigenvalue weighted by Gasteiger charge is 2.52. The molecule has 0 saturated heterocycles. The summed E-state index contributed by atoms with van der Waals surface area (Å²) in [6, 6.07) is 0. The van der Waals surface area contributed by atoms with Gasteiger partial charge in [0.25, 0.3) is 0 Å². The Kier molecular flexibility index (Phi) is 0.0576. The van der Waals surface area contributed by atoms with Gasteiger partial charge in [0.1, 0.15) is 0 Å². The topological polar surface area (TPSA) is 0 Å². The minimum atomic E-state index is -1.51. The molecule has 0 nitrogen and oxygen atoms in total. The van der Waals surface area contributed by atoms with E-state index in [1.165, 1.54) is 0 Å². The highest BCUT2D eigenvalue weighted by Crippen LogP contribution is 2.65. The maximum absolute atomic E-state index is 7.21. The molecule has 0 N–H and O–H groups in total. The highest BCUT2D eigenvalue weighted by atomic mass is 14.6. The molecule has 0 atom stereocenters. The van der Waals surface area contributed by atoms with Crippen molar-refractivity contribution >= 4 is 0 Å². The Bertz CT molecular complexity index is 141. The van der Waals surface area contributed by atoms with E-state index in [0.717, 1.165) is 12.8 Å². The Morgan fingerprint density at radius 1 is 1.40 bits per heavy atom. The number of hydrogen-bond donors (Lipinski definition) is 0. The quantitative estimate of drug-likeness (QED) is 0.407. The van der Waals surface area contributed by atoms with Crippen LogP contribution in [-0.4, -0.2) is 0 Å². The van der Waals surface area contributed by atoms with E-state index in [4.69, 9.17) is 5.48 Å². The van der Waals surface area contributed by atoms with E-state index < -0.39 is 18.2 Å². The van der Waals surface area contributed by atoms with E-state index >= 15 is 0 Å². The highest BCUT2D eigenvalue weighted by molar-refractivity contribution is 5.04. The fraction of sp³-hybridized carbons (Fsp3) is 1.00. The Balaban J connectivity index is 2.36. The first-order valence-electron chi connectivity index (χ1n) is 3.96. The van der Waals surface area contributed by atoms with Crippen LogP contribution in [0.25, 0.3) is 0 Å². The van der Waals surface area contributed by atoms with Crippen molar-refractivity contribution in [2.75, 3.05) is 0 Å². The summed E-state index contributed by atoms with van der Waals surface area (Å²) >= 11 is 0. The average molecular weight is 72.1 g/mol. The van der Waals surface area contributed by atoms with Crippen LogP contribution < -0.4 is 0 Å². The van der Waals surface area contributed by atoms with Gasteiger partial charge in [0.15, 0.2) is 0 Å². The summed E-state index contributed by atoms with van der Waals surface area (Å²) in [5.74, 6) is 0. The number of rotatable bonds is 0. The summed E-state index contributed by atoms with van der Waals surface area (Å²) < 4.78 is 28.8. The summed E-state index contributed by atoms with van der Waals surface area (Å²) in [4.78, 5) is 0. The minimum absolute atomic E-state index is 0.542. The number of hydrogen-bond acceptors (Lipinski definition) is 0. The first kappa shape index (κ1) is 0.800. The van der Waals surface area contributed by atoms with Gasteiger partial charge in [-0.15, -0.1) is 0 Å². The SMILES string of the molecule is [2H]C1([2H])C([2H])([2H])C12CC2. The summed E-state index contributed by atoms with van der Waals surface area (Å²) in [5.41, 5.74) is -0.542. The van der Waals surface area contributed by atoms with Crippen LogP contribution in [0.4, 0.5) is 0 Å². The van der Waals surface area contributed by atoms with Gasteiger partial charge >= 0.3 is 0 Å². The van der Waals surface area contributed by atoms with Crippen LogP contribution in [0.2, 0.25) is 0 Å². The van der Waals surface area contributed by atoms with Gasteiger partial charge in [-0.3, -0.25) is 0 Å². The molecule has 2 saturated carbocycles. The molecule has 5 heavy (non-hydrogen) atoms. The predicted molar refractivity (Wildman–Crippen MR) is 20.9 cm³/mol. The fourth-order valence-corrected chi connectivity index (χ4v) is 0.463. The third kappa shape index (κ3) is 0.160.